The molecular weight excluding hydrogens is 547 g/mol. The molecule has 0 aromatic heterocycles. The average molecular weight is 578 g/mol. The van der Waals surface area contributed by atoms with Crippen molar-refractivity contribution in [3.05, 3.63) is 102 Å². The zero-order valence-electron chi connectivity index (χ0n) is 23.5. The number of carboxylic acid groups (broad SMARTS) is 1. The quantitative estimate of drug-likeness (QED) is 0.227. The van der Waals surface area contributed by atoms with E-state index in [1.165, 1.54) is 36.3 Å². The van der Waals surface area contributed by atoms with Gasteiger partial charge in [0.1, 0.15) is 11.5 Å². The molecule has 0 heterocycles. The van der Waals surface area contributed by atoms with Crippen LogP contribution in [0.2, 0.25) is 0 Å². The molecule has 1 amide bonds. The number of methoxy groups -OCH3 is 1. The van der Waals surface area contributed by atoms with E-state index in [2.05, 4.69) is 25.5 Å². The third-order valence-corrected chi connectivity index (χ3v) is 6.70. The van der Waals surface area contributed by atoms with Crippen molar-refractivity contribution in [1.29, 1.82) is 0 Å². The van der Waals surface area contributed by atoms with E-state index in [-0.39, 0.29) is 17.7 Å². The highest BCUT2D eigenvalue weighted by molar-refractivity contribution is 6.37. The van der Waals surface area contributed by atoms with Crippen molar-refractivity contribution in [1.82, 2.24) is 0 Å². The van der Waals surface area contributed by atoms with Gasteiger partial charge in [-0.2, -0.15) is 0 Å². The van der Waals surface area contributed by atoms with Crippen molar-refractivity contribution in [2.24, 2.45) is 0 Å². The van der Waals surface area contributed by atoms with Gasteiger partial charge in [-0.05, 0) is 63.6 Å². The molecule has 6 nitrogen and oxygen atoms in total. The number of benzene rings is 4. The highest BCUT2D eigenvalue weighted by Crippen LogP contribution is 2.41. The Morgan fingerprint density at radius 3 is 1.88 bits per heavy atom. The lowest BCUT2D eigenvalue weighted by atomic mass is 9.86. The van der Waals surface area contributed by atoms with Crippen molar-refractivity contribution in [3.63, 3.8) is 0 Å². The molecular formula is C33H30F3NO5. The van der Waals surface area contributed by atoms with Gasteiger partial charge in [-0.25, -0.2) is 4.79 Å². The molecule has 4 aromatic rings. The second kappa shape index (κ2) is 12.0. The monoisotopic (exact) mass is 577 g/mol. The number of alkyl halides is 3. The molecule has 0 aliphatic rings. The number of anilines is 1. The maximum Gasteiger partial charge on any atom is 0.573 e. The lowest BCUT2D eigenvalue weighted by molar-refractivity contribution is -0.274. The summed E-state index contributed by atoms with van der Waals surface area (Å²) in [6.45, 7) is 6.21. The smallest absolute Gasteiger partial charge is 0.497 e. The van der Waals surface area contributed by atoms with E-state index in [9.17, 15) is 27.9 Å². The fourth-order valence-corrected chi connectivity index (χ4v) is 4.58. The molecule has 0 saturated carbocycles. The second-order valence-corrected chi connectivity index (χ2v) is 10.6. The maximum absolute atomic E-state index is 13.2. The molecule has 218 valence electrons. The molecule has 0 bridgehead atoms. The van der Waals surface area contributed by atoms with E-state index in [1.54, 1.807) is 42.5 Å². The summed E-state index contributed by atoms with van der Waals surface area (Å²) in [5, 5.41) is 9.77. The first kappa shape index (κ1) is 30.2. The van der Waals surface area contributed by atoms with Crippen LogP contribution in [0.25, 0.3) is 22.3 Å². The van der Waals surface area contributed by atoms with Crippen LogP contribution in [-0.4, -0.2) is 30.5 Å². The van der Waals surface area contributed by atoms with Crippen molar-refractivity contribution >= 4 is 17.6 Å². The fourth-order valence-electron chi connectivity index (χ4n) is 4.58. The van der Waals surface area contributed by atoms with Crippen LogP contribution in [0.15, 0.2) is 91.0 Å². The summed E-state index contributed by atoms with van der Waals surface area (Å²) in [6.07, 6.45) is -4.83. The molecule has 0 fully saturated rings. The minimum absolute atomic E-state index is 0.0273. The molecule has 0 unspecified atom stereocenters. The van der Waals surface area contributed by atoms with E-state index < -0.39 is 18.2 Å². The molecule has 0 aliphatic carbocycles. The second-order valence-electron chi connectivity index (χ2n) is 10.6. The van der Waals surface area contributed by atoms with Crippen LogP contribution in [0.5, 0.6) is 11.5 Å². The van der Waals surface area contributed by atoms with E-state index >= 15 is 0 Å². The SMILES string of the molecule is COc1ccc(-c2c(-c3ccc(OC(F)(F)F)cc3)cccc2N(Cc2ccc(C(C)(C)C)cc2)C(=O)C(=O)O)cc1. The summed E-state index contributed by atoms with van der Waals surface area (Å²) in [5.74, 6) is -2.55. The van der Waals surface area contributed by atoms with Gasteiger partial charge in [0.2, 0.25) is 0 Å². The van der Waals surface area contributed by atoms with Crippen LogP contribution >= 0.6 is 0 Å². The summed E-state index contributed by atoms with van der Waals surface area (Å²) >= 11 is 0. The van der Waals surface area contributed by atoms with E-state index in [4.69, 9.17) is 4.74 Å². The zero-order chi connectivity index (χ0) is 30.7. The third kappa shape index (κ3) is 7.09. The summed E-state index contributed by atoms with van der Waals surface area (Å²) < 4.78 is 47.5. The van der Waals surface area contributed by atoms with E-state index in [0.717, 1.165) is 11.1 Å². The molecule has 0 aliphatic heterocycles. The van der Waals surface area contributed by atoms with Gasteiger partial charge in [0.15, 0.2) is 0 Å². The van der Waals surface area contributed by atoms with E-state index in [1.807, 2.05) is 24.3 Å². The van der Waals surface area contributed by atoms with Gasteiger partial charge in [-0.3, -0.25) is 9.69 Å². The number of carboxylic acids is 1. The standard InChI is InChI=1S/C33H30F3NO5/c1-32(2,3)24-14-8-21(9-15-24)20-37(30(38)31(39)40)28-7-5-6-27(29(28)23-12-16-25(41-4)17-13-23)22-10-18-26(19-11-22)42-33(34,35)36/h5-19H,20H2,1-4H3,(H,39,40). The molecule has 0 spiro atoms. The Labute approximate surface area is 241 Å². The number of carbonyl (C=O) groups is 2. The average Bonchev–Trinajstić information content (AvgIpc) is 2.94. The lowest BCUT2D eigenvalue weighted by Gasteiger charge is -2.26. The van der Waals surface area contributed by atoms with Gasteiger partial charge < -0.3 is 14.6 Å². The van der Waals surface area contributed by atoms with Gasteiger partial charge in [0.05, 0.1) is 19.3 Å². The predicted octanol–water partition coefficient (Wildman–Crippen LogP) is 7.84. The Morgan fingerprint density at radius 1 is 0.786 bits per heavy atom. The topological polar surface area (TPSA) is 76.1 Å². The number of ether oxygens (including phenoxy) is 2. The van der Waals surface area contributed by atoms with Crippen LogP contribution < -0.4 is 14.4 Å². The molecule has 0 saturated heterocycles. The number of hydrogen-bond donors (Lipinski definition) is 1. The first-order chi connectivity index (χ1) is 19.8. The molecule has 42 heavy (non-hydrogen) atoms. The van der Waals surface area contributed by atoms with Crippen molar-refractivity contribution in [2.75, 3.05) is 12.0 Å². The number of halogens is 3. The largest absolute Gasteiger partial charge is 0.573 e. The van der Waals surface area contributed by atoms with Crippen LogP contribution in [0, 0.1) is 0 Å². The van der Waals surface area contributed by atoms with Crippen LogP contribution in [0.3, 0.4) is 0 Å². The van der Waals surface area contributed by atoms with Gasteiger partial charge >= 0.3 is 18.2 Å². The number of nitrogens with zero attached hydrogens (tertiary/aromatic N) is 1. The Bertz CT molecular complexity index is 1560. The fraction of sp³-hybridized carbons (Fsp3) is 0.212. The van der Waals surface area contributed by atoms with Crippen molar-refractivity contribution in [3.8, 4) is 33.8 Å². The number of hydrogen-bond acceptors (Lipinski definition) is 4. The molecule has 4 aromatic carbocycles. The Morgan fingerprint density at radius 2 is 1.36 bits per heavy atom. The van der Waals surface area contributed by atoms with Crippen LogP contribution in [-0.2, 0) is 21.5 Å². The van der Waals surface area contributed by atoms with Crippen LogP contribution in [0.1, 0.15) is 31.9 Å². The molecule has 9 heteroatoms. The molecule has 1 N–H and O–H groups in total. The highest BCUT2D eigenvalue weighted by Gasteiger charge is 2.31. The zero-order valence-corrected chi connectivity index (χ0v) is 23.5. The number of carbonyl (C=O) groups excluding carboxylic acids is 1. The summed E-state index contributed by atoms with van der Waals surface area (Å²) in [7, 11) is 1.52. The maximum atomic E-state index is 13.2. The number of aliphatic carboxylic acids is 1. The summed E-state index contributed by atoms with van der Waals surface area (Å²) in [6, 6.07) is 25.0. The first-order valence-electron chi connectivity index (χ1n) is 13.0. The Kier molecular flexibility index (Phi) is 8.61. The van der Waals surface area contributed by atoms with Gasteiger partial charge in [-0.15, -0.1) is 13.2 Å². The van der Waals surface area contributed by atoms with Crippen LogP contribution in [0.4, 0.5) is 18.9 Å². The summed E-state index contributed by atoms with van der Waals surface area (Å²) in [5.41, 5.74) is 4.30. The molecule has 4 rings (SSSR count). The minimum Gasteiger partial charge on any atom is -0.497 e. The highest BCUT2D eigenvalue weighted by atomic mass is 19.4. The van der Waals surface area contributed by atoms with Crippen molar-refractivity contribution < 1.29 is 37.3 Å². The molecule has 0 radical (unpaired) electrons. The third-order valence-electron chi connectivity index (χ3n) is 6.70. The Balaban J connectivity index is 1.87. The Hall–Kier alpha value is -4.79. The van der Waals surface area contributed by atoms with Gasteiger partial charge in [-0.1, -0.05) is 81.4 Å². The normalized spacial score (nSPS) is 11.6. The summed E-state index contributed by atoms with van der Waals surface area (Å²) in [4.78, 5) is 26.4. The molecule has 0 atom stereocenters. The predicted molar refractivity (Wildman–Crippen MR) is 155 cm³/mol. The minimum atomic E-state index is -4.83. The van der Waals surface area contributed by atoms with Gasteiger partial charge in [0, 0.05) is 5.56 Å². The lowest BCUT2D eigenvalue weighted by Crippen LogP contribution is -2.36. The number of rotatable bonds is 7. The van der Waals surface area contributed by atoms with Gasteiger partial charge in [0.25, 0.3) is 0 Å². The van der Waals surface area contributed by atoms with E-state index in [0.29, 0.717) is 33.7 Å². The first-order valence-corrected chi connectivity index (χ1v) is 13.0. The number of amides is 1. The van der Waals surface area contributed by atoms with Crippen molar-refractivity contribution in [2.45, 2.75) is 39.1 Å².